The molecule has 86 valence electrons. The fourth-order valence-electron chi connectivity index (χ4n) is 2.54. The van der Waals surface area contributed by atoms with Crippen LogP contribution in [-0.4, -0.2) is 9.97 Å². The molecule has 0 saturated heterocycles. The number of fused-ring (bicyclic) bond motifs is 1. The molecule has 2 aliphatic rings. The predicted octanol–water partition coefficient (Wildman–Crippen LogP) is 2.00. The molecule has 1 aromatic rings. The summed E-state index contributed by atoms with van der Waals surface area (Å²) in [5.74, 6) is 0.894. The lowest BCUT2D eigenvalue weighted by molar-refractivity contribution is 0.652. The van der Waals surface area contributed by atoms with Gasteiger partial charge in [0.2, 0.25) is 0 Å². The van der Waals surface area contributed by atoms with Gasteiger partial charge in [-0.1, -0.05) is 6.42 Å². The fraction of sp³-hybridized carbons (Fsp3) is 0.692. The van der Waals surface area contributed by atoms with Crippen molar-refractivity contribution >= 4 is 0 Å². The predicted molar refractivity (Wildman–Crippen MR) is 63.1 cm³/mol. The van der Waals surface area contributed by atoms with Crippen LogP contribution < -0.4 is 5.73 Å². The summed E-state index contributed by atoms with van der Waals surface area (Å²) in [4.78, 5) is 9.36. The van der Waals surface area contributed by atoms with Crippen LogP contribution in [0.5, 0.6) is 0 Å². The summed E-state index contributed by atoms with van der Waals surface area (Å²) in [6, 6.07) is 0. The summed E-state index contributed by atoms with van der Waals surface area (Å²) in [6.45, 7) is 2.11. The maximum absolute atomic E-state index is 6.18. The van der Waals surface area contributed by atoms with Crippen molar-refractivity contribution in [3.63, 3.8) is 0 Å². The van der Waals surface area contributed by atoms with E-state index >= 15 is 0 Å². The number of aromatic nitrogens is 2. The highest BCUT2D eigenvalue weighted by atomic mass is 15.0. The minimum Gasteiger partial charge on any atom is -0.319 e. The van der Waals surface area contributed by atoms with Gasteiger partial charge in [-0.15, -0.1) is 0 Å². The molecule has 1 aromatic heterocycles. The number of rotatable bonds is 1. The smallest absolute Gasteiger partial charge is 0.148 e. The third-order valence-electron chi connectivity index (χ3n) is 3.87. The Morgan fingerprint density at radius 3 is 2.56 bits per heavy atom. The number of nitrogens with zero attached hydrogens (tertiary/aromatic N) is 2. The van der Waals surface area contributed by atoms with Crippen LogP contribution in [0.3, 0.4) is 0 Å². The summed E-state index contributed by atoms with van der Waals surface area (Å²) in [7, 11) is 0. The van der Waals surface area contributed by atoms with Gasteiger partial charge < -0.3 is 5.73 Å². The molecule has 0 unspecified atom stereocenters. The van der Waals surface area contributed by atoms with Crippen molar-refractivity contribution in [2.45, 2.75) is 57.4 Å². The lowest BCUT2D eigenvalue weighted by Gasteiger charge is -2.13. The van der Waals surface area contributed by atoms with E-state index in [1.54, 1.807) is 0 Å². The van der Waals surface area contributed by atoms with Crippen molar-refractivity contribution in [2.75, 3.05) is 0 Å². The van der Waals surface area contributed by atoms with Gasteiger partial charge in [-0.3, -0.25) is 0 Å². The van der Waals surface area contributed by atoms with Crippen LogP contribution in [0.2, 0.25) is 0 Å². The Morgan fingerprint density at radius 2 is 1.81 bits per heavy atom. The van der Waals surface area contributed by atoms with Crippen LogP contribution in [0.15, 0.2) is 0 Å². The first-order valence-electron chi connectivity index (χ1n) is 6.35. The van der Waals surface area contributed by atoms with Crippen LogP contribution in [0.25, 0.3) is 0 Å². The van der Waals surface area contributed by atoms with Gasteiger partial charge in [-0.2, -0.15) is 0 Å². The van der Waals surface area contributed by atoms with Crippen molar-refractivity contribution in [1.29, 1.82) is 0 Å². The molecule has 0 bridgehead atoms. The van der Waals surface area contributed by atoms with Gasteiger partial charge in [-0.25, -0.2) is 9.97 Å². The van der Waals surface area contributed by atoms with Gasteiger partial charge in [0, 0.05) is 11.4 Å². The zero-order chi connectivity index (χ0) is 11.2. The zero-order valence-electron chi connectivity index (χ0n) is 9.92. The second-order valence-electron chi connectivity index (χ2n) is 5.27. The van der Waals surface area contributed by atoms with E-state index in [-0.39, 0.29) is 5.54 Å². The molecule has 0 aliphatic heterocycles. The molecule has 0 atom stereocenters. The minimum atomic E-state index is -0.188. The Labute approximate surface area is 96.5 Å². The van der Waals surface area contributed by atoms with E-state index in [1.807, 2.05) is 0 Å². The molecule has 16 heavy (non-hydrogen) atoms. The Hall–Kier alpha value is -0.960. The van der Waals surface area contributed by atoms with E-state index in [0.717, 1.165) is 31.5 Å². The summed E-state index contributed by atoms with van der Waals surface area (Å²) < 4.78 is 0. The third-order valence-corrected chi connectivity index (χ3v) is 3.87. The van der Waals surface area contributed by atoms with E-state index < -0.39 is 0 Å². The summed E-state index contributed by atoms with van der Waals surface area (Å²) in [5.41, 5.74) is 9.83. The molecule has 0 radical (unpaired) electrons. The van der Waals surface area contributed by atoms with Gasteiger partial charge in [0.25, 0.3) is 0 Å². The van der Waals surface area contributed by atoms with E-state index in [1.165, 1.54) is 36.2 Å². The maximum Gasteiger partial charge on any atom is 0.148 e. The zero-order valence-corrected chi connectivity index (χ0v) is 9.92. The molecule has 0 amide bonds. The molecular weight excluding hydrogens is 198 g/mol. The normalized spacial score (nSPS) is 22.4. The lowest BCUT2D eigenvalue weighted by atomic mass is 10.1. The molecule has 0 aromatic carbocycles. The molecule has 2 aliphatic carbocycles. The average molecular weight is 217 g/mol. The minimum absolute atomic E-state index is 0.188. The van der Waals surface area contributed by atoms with E-state index in [4.69, 9.17) is 10.7 Å². The van der Waals surface area contributed by atoms with Crippen molar-refractivity contribution in [3.8, 4) is 0 Å². The van der Waals surface area contributed by atoms with Crippen LogP contribution in [-0.2, 0) is 18.4 Å². The SMILES string of the molecule is Cc1nc(C2(N)CC2)nc2c1CCCCC2. The quantitative estimate of drug-likeness (QED) is 0.732. The average Bonchev–Trinajstić information content (AvgIpc) is 3.02. The fourth-order valence-corrected chi connectivity index (χ4v) is 2.54. The van der Waals surface area contributed by atoms with E-state index in [0.29, 0.717) is 0 Å². The Kier molecular flexibility index (Phi) is 2.25. The highest BCUT2D eigenvalue weighted by Crippen LogP contribution is 2.41. The van der Waals surface area contributed by atoms with Gasteiger partial charge in [0.15, 0.2) is 0 Å². The summed E-state index contributed by atoms with van der Waals surface area (Å²) >= 11 is 0. The largest absolute Gasteiger partial charge is 0.319 e. The summed E-state index contributed by atoms with van der Waals surface area (Å²) in [5, 5.41) is 0. The molecule has 3 rings (SSSR count). The van der Waals surface area contributed by atoms with Crippen molar-refractivity contribution in [3.05, 3.63) is 22.8 Å². The molecule has 0 spiro atoms. The van der Waals surface area contributed by atoms with Crippen LogP contribution in [0, 0.1) is 6.92 Å². The Bertz CT molecular complexity index is 421. The molecule has 3 nitrogen and oxygen atoms in total. The molecule has 1 fully saturated rings. The van der Waals surface area contributed by atoms with Crippen molar-refractivity contribution in [1.82, 2.24) is 9.97 Å². The Morgan fingerprint density at radius 1 is 1.06 bits per heavy atom. The van der Waals surface area contributed by atoms with E-state index in [9.17, 15) is 0 Å². The van der Waals surface area contributed by atoms with Crippen LogP contribution in [0.4, 0.5) is 0 Å². The molecule has 2 N–H and O–H groups in total. The second kappa shape index (κ2) is 3.52. The van der Waals surface area contributed by atoms with Crippen LogP contribution >= 0.6 is 0 Å². The third kappa shape index (κ3) is 1.63. The Balaban J connectivity index is 2.05. The van der Waals surface area contributed by atoms with Gasteiger partial charge in [-0.05, 0) is 51.0 Å². The first kappa shape index (κ1) is 10.2. The maximum atomic E-state index is 6.18. The van der Waals surface area contributed by atoms with Gasteiger partial charge in [0.1, 0.15) is 5.82 Å². The molecule has 3 heteroatoms. The monoisotopic (exact) mass is 217 g/mol. The number of nitrogens with two attached hydrogens (primary N) is 1. The van der Waals surface area contributed by atoms with Gasteiger partial charge >= 0.3 is 0 Å². The van der Waals surface area contributed by atoms with Gasteiger partial charge in [0.05, 0.1) is 5.54 Å². The number of aryl methyl sites for hydroxylation is 2. The molecular formula is C13H19N3. The summed E-state index contributed by atoms with van der Waals surface area (Å²) in [6.07, 6.45) is 8.22. The number of hydrogen-bond donors (Lipinski definition) is 1. The highest BCUT2D eigenvalue weighted by Gasteiger charge is 2.43. The first-order valence-corrected chi connectivity index (χ1v) is 6.35. The van der Waals surface area contributed by atoms with Crippen molar-refractivity contribution < 1.29 is 0 Å². The first-order chi connectivity index (χ1) is 7.69. The number of hydrogen-bond acceptors (Lipinski definition) is 3. The highest BCUT2D eigenvalue weighted by molar-refractivity contribution is 5.29. The van der Waals surface area contributed by atoms with Crippen molar-refractivity contribution in [2.24, 2.45) is 5.73 Å². The standard InChI is InChI=1S/C13H19N3/c1-9-10-5-3-2-4-6-11(10)16-12(15-9)13(14)7-8-13/h2-8,14H2,1H3. The molecule has 1 saturated carbocycles. The lowest BCUT2D eigenvalue weighted by Crippen LogP contribution is -2.24. The topological polar surface area (TPSA) is 51.8 Å². The second-order valence-corrected chi connectivity index (χ2v) is 5.27. The molecule has 1 heterocycles. The van der Waals surface area contributed by atoms with E-state index in [2.05, 4.69) is 11.9 Å². The van der Waals surface area contributed by atoms with Crippen LogP contribution in [0.1, 0.15) is 54.9 Å².